The first-order valence-corrected chi connectivity index (χ1v) is 6.69. The third-order valence-electron chi connectivity index (χ3n) is 2.50. The van der Waals surface area contributed by atoms with Crippen LogP contribution in [-0.4, -0.2) is 32.2 Å². The van der Waals surface area contributed by atoms with Crippen molar-refractivity contribution >= 4 is 23.0 Å². The van der Waals surface area contributed by atoms with Gasteiger partial charge in [-0.25, -0.2) is 9.19 Å². The lowest BCUT2D eigenvalue weighted by Crippen LogP contribution is -1.91. The summed E-state index contributed by atoms with van der Waals surface area (Å²) in [7, 11) is 1.47. The van der Waals surface area contributed by atoms with E-state index in [0.717, 1.165) is 0 Å². The Hall–Kier alpha value is -2.25. The second kappa shape index (κ2) is 6.27. The Morgan fingerprint density at radius 3 is 2.75 bits per heavy atom. The lowest BCUT2D eigenvalue weighted by atomic mass is 10.2. The summed E-state index contributed by atoms with van der Waals surface area (Å²) < 4.78 is 24.6. The number of aliphatic imine (C=N–C) groups is 1. The number of nitrogens with zero attached hydrogens (tertiary/aromatic N) is 2. The molecule has 0 spiro atoms. The Labute approximate surface area is 118 Å². The number of phenolic OH excluding ortho intramolecular Hbond substituents is 1. The van der Waals surface area contributed by atoms with Gasteiger partial charge in [0.2, 0.25) is 11.1 Å². The van der Waals surface area contributed by atoms with Crippen molar-refractivity contribution in [2.24, 2.45) is 4.99 Å². The van der Waals surface area contributed by atoms with Crippen LogP contribution >= 0.6 is 0 Å². The fourth-order valence-electron chi connectivity index (χ4n) is 1.50. The summed E-state index contributed by atoms with van der Waals surface area (Å²) >= 11 is -2.10. The van der Waals surface area contributed by atoms with Gasteiger partial charge >= 0.3 is 0 Å². The fraction of sp³-hybridized carbons (Fsp3) is 0.0769. The van der Waals surface area contributed by atoms with Crippen LogP contribution in [-0.2, 0) is 11.1 Å². The Bertz CT molecular complexity index is 656. The van der Waals surface area contributed by atoms with Crippen molar-refractivity contribution in [3.05, 3.63) is 42.1 Å². The lowest BCUT2D eigenvalue weighted by molar-refractivity contribution is 0.373. The third kappa shape index (κ3) is 3.19. The van der Waals surface area contributed by atoms with Gasteiger partial charge in [0.1, 0.15) is 0 Å². The van der Waals surface area contributed by atoms with E-state index in [1.807, 2.05) is 0 Å². The highest BCUT2D eigenvalue weighted by Crippen LogP contribution is 2.28. The highest BCUT2D eigenvalue weighted by molar-refractivity contribution is 7.79. The molecule has 7 heteroatoms. The second-order valence-corrected chi connectivity index (χ2v) is 4.68. The van der Waals surface area contributed by atoms with E-state index in [4.69, 9.17) is 9.29 Å². The van der Waals surface area contributed by atoms with Crippen LogP contribution < -0.4 is 4.74 Å². The van der Waals surface area contributed by atoms with Crippen molar-refractivity contribution in [1.82, 2.24) is 4.98 Å². The molecule has 2 aromatic rings. The number of hydrogen-bond acceptors (Lipinski definition) is 5. The van der Waals surface area contributed by atoms with E-state index in [9.17, 15) is 9.32 Å². The molecule has 0 fully saturated rings. The molecule has 0 aliphatic rings. The maximum absolute atomic E-state index is 10.8. The highest BCUT2D eigenvalue weighted by Gasteiger charge is 2.05. The van der Waals surface area contributed by atoms with Crippen LogP contribution in [0, 0.1) is 0 Å². The lowest BCUT2D eigenvalue weighted by Gasteiger charge is -2.04. The molecule has 0 aliphatic carbocycles. The van der Waals surface area contributed by atoms with Crippen LogP contribution in [0.1, 0.15) is 5.56 Å². The predicted octanol–water partition coefficient (Wildman–Crippen LogP) is 2.13. The van der Waals surface area contributed by atoms with Crippen molar-refractivity contribution in [3.63, 3.8) is 0 Å². The first kappa shape index (κ1) is 14.2. The molecule has 1 heterocycles. The molecule has 0 saturated carbocycles. The summed E-state index contributed by atoms with van der Waals surface area (Å²) in [6.45, 7) is 0. The van der Waals surface area contributed by atoms with E-state index in [-0.39, 0.29) is 10.8 Å². The molecule has 1 aromatic carbocycles. The van der Waals surface area contributed by atoms with Gasteiger partial charge in [-0.1, -0.05) is 6.07 Å². The third-order valence-corrected chi connectivity index (χ3v) is 3.10. The monoisotopic (exact) mass is 292 g/mol. The molecule has 1 atom stereocenters. The number of aromatic hydroxyl groups is 1. The standard InChI is InChI=1S/C13H12N2O4S/c1-19-11-4-2-3-9(13(11)16)7-14-10-5-6-12(15-8-10)20(17)18/h2-8,16H,1H3,(H,17,18). The molecule has 0 bridgehead atoms. The normalized spacial score (nSPS) is 12.5. The van der Waals surface area contributed by atoms with Crippen LogP contribution in [0.25, 0.3) is 0 Å². The Kier molecular flexibility index (Phi) is 4.44. The van der Waals surface area contributed by atoms with Gasteiger partial charge in [-0.15, -0.1) is 0 Å². The number of methoxy groups -OCH3 is 1. The van der Waals surface area contributed by atoms with Gasteiger partial charge < -0.3 is 14.4 Å². The number of ether oxygens (including phenoxy) is 1. The number of benzene rings is 1. The van der Waals surface area contributed by atoms with Crippen molar-refractivity contribution in [2.45, 2.75) is 5.03 Å². The van der Waals surface area contributed by atoms with Crippen molar-refractivity contribution < 1.29 is 18.6 Å². The van der Waals surface area contributed by atoms with Gasteiger partial charge in [-0.05, 0) is 24.3 Å². The first-order chi connectivity index (χ1) is 9.61. The number of para-hydroxylation sites is 1. The highest BCUT2D eigenvalue weighted by atomic mass is 32.2. The van der Waals surface area contributed by atoms with Gasteiger partial charge in [-0.3, -0.25) is 4.99 Å². The summed E-state index contributed by atoms with van der Waals surface area (Å²) in [4.78, 5) is 7.93. The summed E-state index contributed by atoms with van der Waals surface area (Å²) in [5.41, 5.74) is 1.00. The SMILES string of the molecule is COc1cccc(C=Nc2ccc(S(=O)O)nc2)c1O. The summed E-state index contributed by atoms with van der Waals surface area (Å²) in [6.07, 6.45) is 2.83. The second-order valence-electron chi connectivity index (χ2n) is 3.76. The van der Waals surface area contributed by atoms with Crippen molar-refractivity contribution in [2.75, 3.05) is 7.11 Å². The fourth-order valence-corrected chi connectivity index (χ4v) is 1.83. The molecule has 20 heavy (non-hydrogen) atoms. The minimum absolute atomic E-state index is 0.000193. The maximum Gasteiger partial charge on any atom is 0.205 e. The van der Waals surface area contributed by atoms with Gasteiger partial charge in [-0.2, -0.15) is 0 Å². The first-order valence-electron chi connectivity index (χ1n) is 5.59. The molecular formula is C13H12N2O4S. The van der Waals surface area contributed by atoms with Crippen molar-refractivity contribution in [1.29, 1.82) is 0 Å². The maximum atomic E-state index is 10.8. The molecule has 2 N–H and O–H groups in total. The zero-order valence-corrected chi connectivity index (χ0v) is 11.4. The zero-order valence-electron chi connectivity index (χ0n) is 10.6. The van der Waals surface area contributed by atoms with Crippen LogP contribution in [0.15, 0.2) is 46.5 Å². The quantitative estimate of drug-likeness (QED) is 0.665. The van der Waals surface area contributed by atoms with Crippen LogP contribution in [0.3, 0.4) is 0 Å². The largest absolute Gasteiger partial charge is 0.504 e. The number of phenols is 1. The molecule has 104 valence electrons. The van der Waals surface area contributed by atoms with Gasteiger partial charge in [0, 0.05) is 11.8 Å². The van der Waals surface area contributed by atoms with E-state index >= 15 is 0 Å². The minimum Gasteiger partial charge on any atom is -0.504 e. The van der Waals surface area contributed by atoms with E-state index in [2.05, 4.69) is 9.98 Å². The molecule has 0 radical (unpaired) electrons. The van der Waals surface area contributed by atoms with Crippen LogP contribution in [0.5, 0.6) is 11.5 Å². The van der Waals surface area contributed by atoms with Crippen LogP contribution in [0.2, 0.25) is 0 Å². The average Bonchev–Trinajstić information content (AvgIpc) is 2.46. The van der Waals surface area contributed by atoms with E-state index in [1.54, 1.807) is 24.3 Å². The summed E-state index contributed by atoms with van der Waals surface area (Å²) in [6, 6.07) is 8.03. The van der Waals surface area contributed by atoms with E-state index in [0.29, 0.717) is 17.0 Å². The molecule has 1 unspecified atom stereocenters. The number of pyridine rings is 1. The van der Waals surface area contributed by atoms with E-state index in [1.165, 1.54) is 25.6 Å². The predicted molar refractivity (Wildman–Crippen MR) is 75.2 cm³/mol. The van der Waals surface area contributed by atoms with Crippen LogP contribution in [0.4, 0.5) is 5.69 Å². The molecule has 0 amide bonds. The molecule has 2 rings (SSSR count). The molecule has 1 aromatic heterocycles. The van der Waals surface area contributed by atoms with Gasteiger partial charge in [0.05, 0.1) is 19.0 Å². The van der Waals surface area contributed by atoms with Gasteiger partial charge in [0.15, 0.2) is 16.5 Å². The van der Waals surface area contributed by atoms with E-state index < -0.39 is 11.1 Å². The number of hydrogen-bond donors (Lipinski definition) is 2. The molecule has 6 nitrogen and oxygen atoms in total. The van der Waals surface area contributed by atoms with Crippen molar-refractivity contribution in [3.8, 4) is 11.5 Å². The number of aromatic nitrogens is 1. The Morgan fingerprint density at radius 2 is 2.15 bits per heavy atom. The van der Waals surface area contributed by atoms with Gasteiger partial charge in [0.25, 0.3) is 0 Å². The zero-order chi connectivity index (χ0) is 14.5. The average molecular weight is 292 g/mol. The summed E-state index contributed by atoms with van der Waals surface area (Å²) in [5, 5.41) is 9.94. The Balaban J connectivity index is 2.23. The smallest absolute Gasteiger partial charge is 0.205 e. The number of rotatable bonds is 4. The summed E-state index contributed by atoms with van der Waals surface area (Å²) in [5.74, 6) is 0.359. The Morgan fingerprint density at radius 1 is 1.35 bits per heavy atom. The topological polar surface area (TPSA) is 92.0 Å². The molecule has 0 saturated heterocycles. The molecular weight excluding hydrogens is 280 g/mol. The minimum atomic E-state index is -2.10. The molecule has 0 aliphatic heterocycles.